The largest absolute Gasteiger partial charge is 0.469 e. The maximum absolute atomic E-state index is 11.4. The van der Waals surface area contributed by atoms with Gasteiger partial charge >= 0.3 is 5.97 Å². The molecule has 0 aromatic heterocycles. The third-order valence-electron chi connectivity index (χ3n) is 9.05. The van der Waals surface area contributed by atoms with Gasteiger partial charge in [-0.25, -0.2) is 0 Å². The van der Waals surface area contributed by atoms with Gasteiger partial charge in [-0.05, 0) is 85.8 Å². The van der Waals surface area contributed by atoms with Gasteiger partial charge < -0.3 is 23.2 Å². The quantitative estimate of drug-likeness (QED) is 0.0738. The minimum absolute atomic E-state index is 0.0904. The van der Waals surface area contributed by atoms with Crippen LogP contribution >= 0.6 is 10.3 Å². The number of rotatable bonds is 18. The van der Waals surface area contributed by atoms with Crippen LogP contribution in [-0.2, 0) is 22.9 Å². The molecular weight excluding hydrogens is 540 g/mol. The van der Waals surface area contributed by atoms with Crippen LogP contribution in [0.1, 0.15) is 112 Å². The summed E-state index contributed by atoms with van der Waals surface area (Å²) in [7, 11) is -1.81. The predicted octanol–water partition coefficient (Wildman–Crippen LogP) is 8.06. The molecule has 0 aromatic carbocycles. The first-order chi connectivity index (χ1) is 18.3. The van der Waals surface area contributed by atoms with E-state index in [-0.39, 0.29) is 34.5 Å². The molecule has 0 aliphatic heterocycles. The number of carbonyl (C=O) groups is 2. The standard InChI is InChI=1S/C32H64O6SSi/c1-31(2,3)21-22-39(8,9)37-28-23-29(38-40(10,11)32(4,5)6)27(20-19-25(34)24-33)26(28)17-15-13-12-14-16-18-30(35)36-7/h24-29,34H,12-23H2,1-11H3. The van der Waals surface area contributed by atoms with Gasteiger partial charge in [-0.2, -0.15) is 0 Å². The van der Waals surface area contributed by atoms with Gasteiger partial charge in [0.05, 0.1) is 19.3 Å². The number of aldehydes is 1. The van der Waals surface area contributed by atoms with E-state index in [0.717, 1.165) is 63.5 Å². The zero-order chi connectivity index (χ0) is 30.8. The van der Waals surface area contributed by atoms with Crippen molar-refractivity contribution in [2.75, 3.05) is 25.4 Å². The Kier molecular flexibility index (Phi) is 15.5. The number of esters is 1. The van der Waals surface area contributed by atoms with E-state index < -0.39 is 24.7 Å². The molecule has 0 amide bonds. The first kappa shape index (κ1) is 37.6. The smallest absolute Gasteiger partial charge is 0.305 e. The van der Waals surface area contributed by atoms with E-state index in [1.54, 1.807) is 0 Å². The third kappa shape index (κ3) is 13.7. The zero-order valence-electron chi connectivity index (χ0n) is 27.8. The van der Waals surface area contributed by atoms with Gasteiger partial charge in [0.1, 0.15) is 12.4 Å². The Morgan fingerprint density at radius 2 is 1.55 bits per heavy atom. The summed E-state index contributed by atoms with van der Waals surface area (Å²) in [5.41, 5.74) is 0.276. The molecule has 40 heavy (non-hydrogen) atoms. The summed E-state index contributed by atoms with van der Waals surface area (Å²) in [6.45, 7) is 18.4. The summed E-state index contributed by atoms with van der Waals surface area (Å²) in [5.74, 6) is 1.58. The van der Waals surface area contributed by atoms with Crippen LogP contribution in [0.4, 0.5) is 0 Å². The van der Waals surface area contributed by atoms with E-state index in [2.05, 4.69) is 67.1 Å². The number of unbranched alkanes of at least 4 members (excludes halogenated alkanes) is 4. The van der Waals surface area contributed by atoms with Gasteiger partial charge in [0.15, 0.2) is 8.32 Å². The third-order valence-corrected chi connectivity index (χ3v) is 15.5. The van der Waals surface area contributed by atoms with E-state index in [0.29, 0.717) is 25.0 Å². The fourth-order valence-corrected chi connectivity index (χ4v) is 8.85. The van der Waals surface area contributed by atoms with Crippen molar-refractivity contribution in [3.05, 3.63) is 0 Å². The molecule has 1 aliphatic carbocycles. The topological polar surface area (TPSA) is 82.1 Å². The Bertz CT molecular complexity index is 757. The van der Waals surface area contributed by atoms with Crippen molar-refractivity contribution < 1.29 is 28.0 Å². The highest BCUT2D eigenvalue weighted by Crippen LogP contribution is 2.53. The molecule has 0 aromatic rings. The van der Waals surface area contributed by atoms with Crippen LogP contribution in [0, 0.1) is 17.3 Å². The molecule has 1 fully saturated rings. The number of hydrogen-bond donors (Lipinski definition) is 1. The first-order valence-electron chi connectivity index (χ1n) is 15.6. The number of carbonyl (C=O) groups excluding carboxylic acids is 2. The Morgan fingerprint density at radius 1 is 0.975 bits per heavy atom. The summed E-state index contributed by atoms with van der Waals surface area (Å²) < 4.78 is 18.9. The minimum atomic E-state index is -2.02. The number of aliphatic hydroxyl groups excluding tert-OH is 1. The SMILES string of the molecule is COC(=O)CCCCCCCC1C(OS(C)(C)CCC(C)(C)C)CC(O[Si](C)(C)C(C)(C)C)C1CCC(O)C=O. The first-order valence-corrected chi connectivity index (χ1v) is 21.0. The zero-order valence-corrected chi connectivity index (χ0v) is 29.7. The van der Waals surface area contributed by atoms with Crippen LogP contribution in [0.15, 0.2) is 0 Å². The second-order valence-electron chi connectivity index (χ2n) is 15.2. The summed E-state index contributed by atoms with van der Waals surface area (Å²) in [5, 5.41) is 10.3. The van der Waals surface area contributed by atoms with Gasteiger partial charge in [0, 0.05) is 12.8 Å². The lowest BCUT2D eigenvalue weighted by atomic mass is 9.85. The summed E-state index contributed by atoms with van der Waals surface area (Å²) in [4.78, 5) is 22.7. The van der Waals surface area contributed by atoms with E-state index in [1.807, 2.05) is 0 Å². The summed E-state index contributed by atoms with van der Waals surface area (Å²) in [6, 6.07) is 0. The van der Waals surface area contributed by atoms with Crippen LogP contribution in [0.2, 0.25) is 18.1 Å². The van der Waals surface area contributed by atoms with Gasteiger partial charge in [0.2, 0.25) is 0 Å². The molecule has 1 rings (SSSR count). The lowest BCUT2D eigenvalue weighted by Crippen LogP contribution is -2.45. The molecule has 5 unspecified atom stereocenters. The van der Waals surface area contributed by atoms with E-state index in [4.69, 9.17) is 13.3 Å². The lowest BCUT2D eigenvalue weighted by molar-refractivity contribution is -0.140. The molecule has 0 saturated heterocycles. The van der Waals surface area contributed by atoms with Crippen molar-refractivity contribution in [1.82, 2.24) is 0 Å². The van der Waals surface area contributed by atoms with Gasteiger partial charge in [-0.3, -0.25) is 4.79 Å². The molecule has 6 nitrogen and oxygen atoms in total. The highest BCUT2D eigenvalue weighted by Gasteiger charge is 2.49. The predicted molar refractivity (Wildman–Crippen MR) is 173 cm³/mol. The Balaban J connectivity index is 3.09. The molecule has 5 atom stereocenters. The van der Waals surface area contributed by atoms with Crippen molar-refractivity contribution in [3.8, 4) is 0 Å². The van der Waals surface area contributed by atoms with Crippen molar-refractivity contribution in [1.29, 1.82) is 0 Å². The summed E-state index contributed by atoms with van der Waals surface area (Å²) >= 11 is 0. The van der Waals surface area contributed by atoms with Crippen LogP contribution in [0.25, 0.3) is 0 Å². The average molecular weight is 605 g/mol. The van der Waals surface area contributed by atoms with Crippen molar-refractivity contribution >= 4 is 30.9 Å². The van der Waals surface area contributed by atoms with Crippen molar-refractivity contribution in [2.24, 2.45) is 17.3 Å². The lowest BCUT2D eigenvalue weighted by Gasteiger charge is -2.40. The monoisotopic (exact) mass is 604 g/mol. The second-order valence-corrected chi connectivity index (χ2v) is 23.5. The fraction of sp³-hybridized carbons (Fsp3) is 0.938. The molecule has 0 radical (unpaired) electrons. The van der Waals surface area contributed by atoms with Crippen molar-refractivity contribution in [2.45, 2.75) is 149 Å². The molecule has 1 aliphatic rings. The summed E-state index contributed by atoms with van der Waals surface area (Å²) in [6.07, 6.45) is 14.7. The van der Waals surface area contributed by atoms with E-state index in [1.165, 1.54) is 7.11 Å². The number of ether oxygens (including phenoxy) is 1. The van der Waals surface area contributed by atoms with Crippen LogP contribution in [0.3, 0.4) is 0 Å². The average Bonchev–Trinajstić information content (AvgIpc) is 3.13. The number of methoxy groups -OCH3 is 1. The van der Waals surface area contributed by atoms with Crippen LogP contribution in [-0.4, -0.2) is 69.4 Å². The Morgan fingerprint density at radius 3 is 2.10 bits per heavy atom. The minimum Gasteiger partial charge on any atom is -0.469 e. The molecule has 0 bridgehead atoms. The molecule has 0 spiro atoms. The number of aliphatic hydroxyl groups is 1. The van der Waals surface area contributed by atoms with Crippen LogP contribution < -0.4 is 0 Å². The van der Waals surface area contributed by atoms with E-state index in [9.17, 15) is 14.7 Å². The maximum Gasteiger partial charge on any atom is 0.305 e. The maximum atomic E-state index is 11.4. The molecule has 1 N–H and O–H groups in total. The Hall–Kier alpha value is -0.413. The van der Waals surface area contributed by atoms with Crippen LogP contribution in [0.5, 0.6) is 0 Å². The fourth-order valence-electron chi connectivity index (χ4n) is 5.38. The van der Waals surface area contributed by atoms with E-state index >= 15 is 0 Å². The molecule has 1 saturated carbocycles. The normalized spacial score (nSPS) is 23.7. The molecular formula is C32H64O6SSi. The van der Waals surface area contributed by atoms with Gasteiger partial charge in [-0.15, -0.1) is 10.3 Å². The van der Waals surface area contributed by atoms with Gasteiger partial charge in [0.25, 0.3) is 0 Å². The molecule has 8 heteroatoms. The molecule has 238 valence electrons. The van der Waals surface area contributed by atoms with Gasteiger partial charge in [-0.1, -0.05) is 67.2 Å². The highest BCUT2D eigenvalue weighted by molar-refractivity contribution is 8.28. The number of hydrogen-bond acceptors (Lipinski definition) is 6. The second kappa shape index (κ2) is 16.4. The van der Waals surface area contributed by atoms with Crippen molar-refractivity contribution in [3.63, 3.8) is 0 Å². The molecule has 0 heterocycles. The highest BCUT2D eigenvalue weighted by atomic mass is 32.3. The Labute approximate surface area is 249 Å².